The van der Waals surface area contributed by atoms with Crippen LogP contribution >= 0.6 is 0 Å². The zero-order valence-electron chi connectivity index (χ0n) is 13.6. The van der Waals surface area contributed by atoms with Crippen LogP contribution < -0.4 is 10.6 Å². The van der Waals surface area contributed by atoms with Crippen LogP contribution in [-0.4, -0.2) is 10.9 Å². The van der Waals surface area contributed by atoms with Crippen molar-refractivity contribution in [2.75, 3.05) is 10.6 Å². The Morgan fingerprint density at radius 1 is 1.08 bits per heavy atom. The van der Waals surface area contributed by atoms with E-state index in [1.165, 1.54) is 0 Å². The van der Waals surface area contributed by atoms with E-state index in [2.05, 4.69) is 15.6 Å². The molecular weight excluding hydrogens is 336 g/mol. The Morgan fingerprint density at radius 2 is 1.96 bits per heavy atom. The van der Waals surface area contributed by atoms with Crippen LogP contribution in [0.5, 0.6) is 0 Å². The predicted molar refractivity (Wildman–Crippen MR) is 97.4 cm³/mol. The molecule has 1 aliphatic rings. The molecule has 2 heterocycles. The maximum absolute atomic E-state index is 13.7. The summed E-state index contributed by atoms with van der Waals surface area (Å²) in [6.07, 6.45) is 3.56. The van der Waals surface area contributed by atoms with Crippen LogP contribution in [0.2, 0.25) is 0 Å². The highest BCUT2D eigenvalue weighted by Crippen LogP contribution is 2.35. The van der Waals surface area contributed by atoms with E-state index in [1.54, 1.807) is 24.4 Å². The number of nitrogens with one attached hydrogen (secondary N) is 3. The number of benzene rings is 2. The van der Waals surface area contributed by atoms with Gasteiger partial charge in [0.05, 0.1) is 5.57 Å². The summed E-state index contributed by atoms with van der Waals surface area (Å²) in [6, 6.07) is 12.5. The van der Waals surface area contributed by atoms with E-state index in [1.807, 2.05) is 18.2 Å². The second-order valence-corrected chi connectivity index (χ2v) is 5.99. The van der Waals surface area contributed by atoms with Gasteiger partial charge in [-0.05, 0) is 54.6 Å². The molecule has 0 saturated heterocycles. The van der Waals surface area contributed by atoms with E-state index in [0.29, 0.717) is 11.3 Å². The number of anilines is 2. The highest BCUT2D eigenvalue weighted by molar-refractivity contribution is 6.35. The van der Waals surface area contributed by atoms with Gasteiger partial charge in [-0.2, -0.15) is 0 Å². The number of rotatable bonds is 4. The number of H-pyrrole nitrogens is 1. The van der Waals surface area contributed by atoms with E-state index < -0.39 is 11.6 Å². The first-order chi connectivity index (χ1) is 12.6. The summed E-state index contributed by atoms with van der Waals surface area (Å²) in [5.74, 6) is -1.13. The van der Waals surface area contributed by atoms with Crippen LogP contribution in [0.25, 0.3) is 11.6 Å². The second kappa shape index (κ2) is 6.48. The molecule has 2 aromatic carbocycles. The molecule has 1 aromatic heterocycles. The maximum Gasteiger partial charge on any atom is 0.256 e. The van der Waals surface area contributed by atoms with Crippen LogP contribution in [0.1, 0.15) is 16.8 Å². The van der Waals surface area contributed by atoms with Gasteiger partial charge in [0.2, 0.25) is 0 Å². The standard InChI is InChI=1S/C20H15F2N3O/c21-13-3-5-18(22)12(8-13)11-24-15-4-6-19-16(9-15)17(20(26)25-19)10-14-2-1-7-23-14/h1-10,23-24H,11H2,(H,25,26)/b17-10-. The molecule has 0 atom stereocenters. The van der Waals surface area contributed by atoms with Crippen molar-refractivity contribution in [1.82, 2.24) is 4.98 Å². The van der Waals surface area contributed by atoms with Gasteiger partial charge < -0.3 is 15.6 Å². The highest BCUT2D eigenvalue weighted by Gasteiger charge is 2.24. The molecule has 0 radical (unpaired) electrons. The lowest BCUT2D eigenvalue weighted by Gasteiger charge is -2.09. The lowest BCUT2D eigenvalue weighted by Crippen LogP contribution is -2.03. The van der Waals surface area contributed by atoms with Gasteiger partial charge in [-0.3, -0.25) is 4.79 Å². The number of carbonyl (C=O) groups is 1. The van der Waals surface area contributed by atoms with E-state index in [9.17, 15) is 13.6 Å². The molecule has 1 amide bonds. The number of aromatic nitrogens is 1. The van der Waals surface area contributed by atoms with Crippen molar-refractivity contribution in [2.24, 2.45) is 0 Å². The van der Waals surface area contributed by atoms with Crippen molar-refractivity contribution in [3.05, 3.63) is 83.2 Å². The molecule has 3 N–H and O–H groups in total. The third kappa shape index (κ3) is 3.09. The Balaban J connectivity index is 1.60. The normalized spacial score (nSPS) is 14.4. The second-order valence-electron chi connectivity index (χ2n) is 5.99. The number of fused-ring (bicyclic) bond motifs is 1. The monoisotopic (exact) mass is 351 g/mol. The SMILES string of the molecule is O=C1Nc2ccc(NCc3cc(F)ccc3F)cc2/C1=C/c1ccc[nH]1. The Bertz CT molecular complexity index is 1010. The van der Waals surface area contributed by atoms with Crippen molar-refractivity contribution < 1.29 is 13.6 Å². The van der Waals surface area contributed by atoms with E-state index in [4.69, 9.17) is 0 Å². The van der Waals surface area contributed by atoms with Gasteiger partial charge in [0, 0.05) is 40.9 Å². The first-order valence-electron chi connectivity index (χ1n) is 8.09. The van der Waals surface area contributed by atoms with Crippen LogP contribution in [-0.2, 0) is 11.3 Å². The summed E-state index contributed by atoms with van der Waals surface area (Å²) >= 11 is 0. The molecule has 0 spiro atoms. The molecular formula is C20H15F2N3O. The smallest absolute Gasteiger partial charge is 0.256 e. The molecule has 130 valence electrons. The minimum atomic E-state index is -0.483. The molecule has 4 nitrogen and oxygen atoms in total. The van der Waals surface area contributed by atoms with E-state index in [0.717, 1.165) is 35.1 Å². The Morgan fingerprint density at radius 3 is 2.77 bits per heavy atom. The quantitative estimate of drug-likeness (QED) is 0.610. The molecule has 3 aromatic rings. The number of amides is 1. The van der Waals surface area contributed by atoms with Gasteiger partial charge in [0.25, 0.3) is 5.91 Å². The molecule has 0 aliphatic carbocycles. The molecule has 6 heteroatoms. The van der Waals surface area contributed by atoms with Crippen LogP contribution in [0.15, 0.2) is 54.7 Å². The zero-order chi connectivity index (χ0) is 18.1. The van der Waals surface area contributed by atoms with E-state index >= 15 is 0 Å². The summed E-state index contributed by atoms with van der Waals surface area (Å²) in [4.78, 5) is 15.3. The Hall–Kier alpha value is -3.41. The lowest BCUT2D eigenvalue weighted by molar-refractivity contribution is -0.110. The number of hydrogen-bond donors (Lipinski definition) is 3. The van der Waals surface area contributed by atoms with Crippen molar-refractivity contribution in [3.63, 3.8) is 0 Å². The number of halogens is 2. The summed E-state index contributed by atoms with van der Waals surface area (Å²) in [6.45, 7) is 0.138. The van der Waals surface area contributed by atoms with Gasteiger partial charge in [-0.15, -0.1) is 0 Å². The molecule has 0 fully saturated rings. The van der Waals surface area contributed by atoms with Crippen LogP contribution in [0.3, 0.4) is 0 Å². The van der Waals surface area contributed by atoms with Crippen LogP contribution in [0.4, 0.5) is 20.2 Å². The molecule has 26 heavy (non-hydrogen) atoms. The fraction of sp³-hybridized carbons (Fsp3) is 0.0500. The zero-order valence-corrected chi connectivity index (χ0v) is 13.6. The molecule has 0 saturated carbocycles. The highest BCUT2D eigenvalue weighted by atomic mass is 19.1. The predicted octanol–water partition coefficient (Wildman–Crippen LogP) is 4.40. The average molecular weight is 351 g/mol. The van der Waals surface area contributed by atoms with Gasteiger partial charge >= 0.3 is 0 Å². The summed E-state index contributed by atoms with van der Waals surface area (Å²) in [5, 5.41) is 5.89. The average Bonchev–Trinajstić information content (AvgIpc) is 3.24. The molecule has 1 aliphatic heterocycles. The number of aromatic amines is 1. The molecule has 0 unspecified atom stereocenters. The molecule has 4 rings (SSSR count). The van der Waals surface area contributed by atoms with Gasteiger partial charge in [-0.25, -0.2) is 8.78 Å². The fourth-order valence-electron chi connectivity index (χ4n) is 2.91. The van der Waals surface area contributed by atoms with Gasteiger partial charge in [0.1, 0.15) is 11.6 Å². The summed E-state index contributed by atoms with van der Waals surface area (Å²) in [5.41, 5.74) is 3.79. The number of hydrogen-bond acceptors (Lipinski definition) is 2. The lowest BCUT2D eigenvalue weighted by atomic mass is 10.0. The van der Waals surface area contributed by atoms with Crippen molar-refractivity contribution in [2.45, 2.75) is 6.54 Å². The van der Waals surface area contributed by atoms with Crippen molar-refractivity contribution >= 4 is 28.9 Å². The fourth-order valence-corrected chi connectivity index (χ4v) is 2.91. The third-order valence-corrected chi connectivity index (χ3v) is 4.22. The maximum atomic E-state index is 13.7. The summed E-state index contributed by atoms with van der Waals surface area (Å²) in [7, 11) is 0. The third-order valence-electron chi connectivity index (χ3n) is 4.22. The topological polar surface area (TPSA) is 56.9 Å². The van der Waals surface area contributed by atoms with E-state index in [-0.39, 0.29) is 18.0 Å². The first-order valence-corrected chi connectivity index (χ1v) is 8.09. The minimum absolute atomic E-state index is 0.138. The minimum Gasteiger partial charge on any atom is -0.381 e. The molecule has 0 bridgehead atoms. The first kappa shape index (κ1) is 16.1. The Labute approximate surface area is 148 Å². The number of carbonyl (C=O) groups excluding carboxylic acids is 1. The van der Waals surface area contributed by atoms with Crippen molar-refractivity contribution in [1.29, 1.82) is 0 Å². The summed E-state index contributed by atoms with van der Waals surface area (Å²) < 4.78 is 27.0. The van der Waals surface area contributed by atoms with Crippen LogP contribution in [0, 0.1) is 11.6 Å². The van der Waals surface area contributed by atoms with Gasteiger partial charge in [-0.1, -0.05) is 0 Å². The largest absolute Gasteiger partial charge is 0.381 e. The Kier molecular flexibility index (Phi) is 4.01. The van der Waals surface area contributed by atoms with Crippen molar-refractivity contribution in [3.8, 4) is 0 Å². The van der Waals surface area contributed by atoms with Gasteiger partial charge in [0.15, 0.2) is 0 Å².